The summed E-state index contributed by atoms with van der Waals surface area (Å²) in [6.07, 6.45) is 2.41. The summed E-state index contributed by atoms with van der Waals surface area (Å²) in [5, 5.41) is 10.7. The molecule has 34 heavy (non-hydrogen) atoms. The Morgan fingerprint density at radius 2 is 1.91 bits per heavy atom. The molecule has 2 aromatic heterocycles. The molecule has 1 saturated heterocycles. The number of hydrogen-bond acceptors (Lipinski definition) is 7. The van der Waals surface area contributed by atoms with E-state index in [4.69, 9.17) is 5.73 Å². The maximum atomic E-state index is 13.6. The van der Waals surface area contributed by atoms with Gasteiger partial charge < -0.3 is 20.3 Å². The van der Waals surface area contributed by atoms with Crippen molar-refractivity contribution in [3.8, 4) is 0 Å². The van der Waals surface area contributed by atoms with Crippen LogP contribution in [0.2, 0.25) is 0 Å². The molecule has 0 saturated carbocycles. The van der Waals surface area contributed by atoms with Crippen LogP contribution in [0.5, 0.6) is 0 Å². The average molecular weight is 467 g/mol. The maximum absolute atomic E-state index is 13.6. The molecule has 0 bridgehead atoms. The largest absolute Gasteiger partial charge is 0.372 e. The number of allylic oxidation sites excluding steroid dienone is 2. The van der Waals surface area contributed by atoms with Crippen LogP contribution in [0.3, 0.4) is 0 Å². The Morgan fingerprint density at radius 1 is 1.21 bits per heavy atom. The number of imidazole rings is 1. The molecule has 180 valence electrons. The SMILES string of the molecule is CC(C)=CCn1c(N2CCCC(N)C2O)nc2c1c(=O)n(CC(=O)c1ccccc1)c(=O)n2C. The quantitative estimate of drug-likeness (QED) is 0.409. The summed E-state index contributed by atoms with van der Waals surface area (Å²) in [6, 6.07) is 8.09. The Morgan fingerprint density at radius 3 is 2.59 bits per heavy atom. The van der Waals surface area contributed by atoms with E-state index < -0.39 is 23.5 Å². The lowest BCUT2D eigenvalue weighted by Crippen LogP contribution is -2.53. The highest BCUT2D eigenvalue weighted by atomic mass is 16.3. The van der Waals surface area contributed by atoms with Crippen LogP contribution in [0.4, 0.5) is 5.95 Å². The summed E-state index contributed by atoms with van der Waals surface area (Å²) < 4.78 is 3.91. The number of nitrogens with two attached hydrogens (primary N) is 1. The fourth-order valence-corrected chi connectivity index (χ4v) is 4.25. The molecule has 3 heterocycles. The van der Waals surface area contributed by atoms with Gasteiger partial charge in [0, 0.05) is 31.7 Å². The van der Waals surface area contributed by atoms with Gasteiger partial charge in [0.1, 0.15) is 6.23 Å². The van der Waals surface area contributed by atoms with Crippen molar-refractivity contribution in [3.05, 3.63) is 68.4 Å². The number of ketones is 1. The number of benzene rings is 1. The van der Waals surface area contributed by atoms with E-state index in [2.05, 4.69) is 4.98 Å². The number of aliphatic hydroxyl groups is 1. The van der Waals surface area contributed by atoms with Gasteiger partial charge >= 0.3 is 5.69 Å². The molecule has 0 radical (unpaired) electrons. The molecule has 1 aliphatic rings. The zero-order chi connectivity index (χ0) is 24.6. The van der Waals surface area contributed by atoms with Crippen LogP contribution in [0.25, 0.3) is 11.2 Å². The standard InChI is InChI=1S/C24H30N6O4/c1-15(2)11-13-28-19-20(26-23(28)29-12-7-10-17(25)21(29)32)27(3)24(34)30(22(19)33)14-18(31)16-8-5-4-6-9-16/h4-6,8-9,11,17,21,32H,7,10,12-14,25H2,1-3H3. The number of Topliss-reactive ketones (excluding diaryl/α,β-unsaturated/α-hetero) is 1. The van der Waals surface area contributed by atoms with Crippen molar-refractivity contribution in [2.24, 2.45) is 12.8 Å². The minimum atomic E-state index is -0.963. The second-order valence-corrected chi connectivity index (χ2v) is 8.91. The first-order chi connectivity index (χ1) is 16.2. The highest BCUT2D eigenvalue weighted by molar-refractivity contribution is 5.95. The van der Waals surface area contributed by atoms with E-state index in [9.17, 15) is 19.5 Å². The Hall–Kier alpha value is -3.50. The summed E-state index contributed by atoms with van der Waals surface area (Å²) in [6.45, 7) is 4.33. The average Bonchev–Trinajstić information content (AvgIpc) is 3.20. The van der Waals surface area contributed by atoms with Gasteiger partial charge in [0.15, 0.2) is 16.9 Å². The number of carbonyl (C=O) groups is 1. The van der Waals surface area contributed by atoms with Crippen LogP contribution in [0.1, 0.15) is 37.0 Å². The molecule has 0 spiro atoms. The third-order valence-corrected chi connectivity index (χ3v) is 6.19. The predicted molar refractivity (Wildman–Crippen MR) is 130 cm³/mol. The number of carbonyl (C=O) groups excluding carboxylic acids is 1. The van der Waals surface area contributed by atoms with Gasteiger partial charge in [-0.25, -0.2) is 4.79 Å². The molecule has 0 aliphatic carbocycles. The Balaban J connectivity index is 1.91. The number of nitrogens with zero attached hydrogens (tertiary/aromatic N) is 5. The lowest BCUT2D eigenvalue weighted by atomic mass is 10.1. The fraction of sp³-hybridized carbons (Fsp3) is 0.417. The first-order valence-corrected chi connectivity index (χ1v) is 11.3. The van der Waals surface area contributed by atoms with Gasteiger partial charge in [-0.05, 0) is 26.7 Å². The van der Waals surface area contributed by atoms with Crippen molar-refractivity contribution in [1.82, 2.24) is 18.7 Å². The summed E-state index contributed by atoms with van der Waals surface area (Å²) in [5.41, 5.74) is 6.71. The van der Waals surface area contributed by atoms with Crippen LogP contribution in [-0.4, -0.2) is 48.4 Å². The van der Waals surface area contributed by atoms with Crippen LogP contribution < -0.4 is 21.9 Å². The number of aliphatic hydroxyl groups excluding tert-OH is 1. The number of piperidine rings is 1. The molecular weight excluding hydrogens is 436 g/mol. The fourth-order valence-electron chi connectivity index (χ4n) is 4.25. The van der Waals surface area contributed by atoms with E-state index in [-0.39, 0.29) is 23.5 Å². The van der Waals surface area contributed by atoms with Gasteiger partial charge in [-0.1, -0.05) is 42.0 Å². The molecule has 1 fully saturated rings. The first-order valence-electron chi connectivity index (χ1n) is 11.3. The van der Waals surface area contributed by atoms with Crippen molar-refractivity contribution in [2.45, 2.75) is 52.0 Å². The summed E-state index contributed by atoms with van der Waals surface area (Å²) in [7, 11) is 1.52. The summed E-state index contributed by atoms with van der Waals surface area (Å²) >= 11 is 0. The summed E-state index contributed by atoms with van der Waals surface area (Å²) in [4.78, 5) is 45.8. The summed E-state index contributed by atoms with van der Waals surface area (Å²) in [5.74, 6) is 0.0292. The van der Waals surface area contributed by atoms with Crippen molar-refractivity contribution >= 4 is 22.9 Å². The van der Waals surface area contributed by atoms with Crippen molar-refractivity contribution in [2.75, 3.05) is 11.4 Å². The van der Waals surface area contributed by atoms with E-state index in [0.717, 1.165) is 16.6 Å². The minimum Gasteiger partial charge on any atom is -0.372 e. The Labute approximate surface area is 196 Å². The number of fused-ring (bicyclic) bond motifs is 1. The minimum absolute atomic E-state index is 0.196. The van der Waals surface area contributed by atoms with Crippen LogP contribution in [0, 0.1) is 0 Å². The molecule has 2 atom stereocenters. The van der Waals surface area contributed by atoms with Gasteiger partial charge in [-0.2, -0.15) is 4.98 Å². The molecule has 3 N–H and O–H groups in total. The lowest BCUT2D eigenvalue weighted by Gasteiger charge is -2.36. The van der Waals surface area contributed by atoms with E-state index in [1.165, 1.54) is 11.6 Å². The number of aromatic nitrogens is 4. The van der Waals surface area contributed by atoms with Crippen molar-refractivity contribution in [1.29, 1.82) is 0 Å². The lowest BCUT2D eigenvalue weighted by molar-refractivity contribution is 0.0969. The van der Waals surface area contributed by atoms with Crippen LogP contribution >= 0.6 is 0 Å². The van der Waals surface area contributed by atoms with E-state index in [1.54, 1.807) is 39.8 Å². The highest BCUT2D eigenvalue weighted by Gasteiger charge is 2.32. The van der Waals surface area contributed by atoms with Crippen LogP contribution in [-0.2, 0) is 20.1 Å². The van der Waals surface area contributed by atoms with Crippen molar-refractivity contribution in [3.63, 3.8) is 0 Å². The first kappa shape index (κ1) is 23.7. The van der Waals surface area contributed by atoms with Gasteiger partial charge in [0.25, 0.3) is 5.56 Å². The number of rotatable bonds is 6. The topological polar surface area (TPSA) is 128 Å². The molecule has 0 amide bonds. The van der Waals surface area contributed by atoms with Gasteiger partial charge in [0.2, 0.25) is 5.95 Å². The van der Waals surface area contributed by atoms with Gasteiger partial charge in [-0.3, -0.25) is 18.7 Å². The number of aryl methyl sites for hydroxylation is 1. The number of hydrogen-bond donors (Lipinski definition) is 2. The molecule has 4 rings (SSSR count). The third kappa shape index (κ3) is 4.22. The second kappa shape index (κ2) is 9.40. The van der Waals surface area contributed by atoms with Crippen molar-refractivity contribution < 1.29 is 9.90 Å². The molecule has 1 aliphatic heterocycles. The molecule has 2 unspecified atom stereocenters. The molecule has 1 aromatic carbocycles. The second-order valence-electron chi connectivity index (χ2n) is 8.91. The zero-order valence-electron chi connectivity index (χ0n) is 19.6. The maximum Gasteiger partial charge on any atom is 0.332 e. The molecule has 10 heteroatoms. The molecule has 10 nitrogen and oxygen atoms in total. The highest BCUT2D eigenvalue weighted by Crippen LogP contribution is 2.26. The van der Waals surface area contributed by atoms with Gasteiger partial charge in [0.05, 0.1) is 6.54 Å². The predicted octanol–water partition coefficient (Wildman–Crippen LogP) is 0.992. The van der Waals surface area contributed by atoms with Crippen LogP contribution in [0.15, 0.2) is 51.6 Å². The third-order valence-electron chi connectivity index (χ3n) is 6.19. The Bertz CT molecular complexity index is 1360. The molecular formula is C24H30N6O4. The smallest absolute Gasteiger partial charge is 0.332 e. The van der Waals surface area contributed by atoms with Gasteiger partial charge in [-0.15, -0.1) is 0 Å². The number of anilines is 1. The van der Waals surface area contributed by atoms with E-state index >= 15 is 0 Å². The molecule has 3 aromatic rings. The van der Waals surface area contributed by atoms with E-state index in [1.807, 2.05) is 19.9 Å². The normalized spacial score (nSPS) is 18.3. The Kier molecular flexibility index (Phi) is 6.54. The zero-order valence-corrected chi connectivity index (χ0v) is 19.6. The monoisotopic (exact) mass is 466 g/mol. The van der Waals surface area contributed by atoms with E-state index in [0.29, 0.717) is 31.0 Å².